The van der Waals surface area contributed by atoms with Crippen LogP contribution in [0, 0.1) is 0 Å². The molecule has 100 valence electrons. The Morgan fingerprint density at radius 3 is 2.47 bits per heavy atom. The molecule has 0 amide bonds. The van der Waals surface area contributed by atoms with Crippen molar-refractivity contribution < 1.29 is 23.0 Å². The van der Waals surface area contributed by atoms with E-state index in [-0.39, 0.29) is 17.2 Å². The molecule has 1 unspecified atom stereocenters. The first-order valence-electron chi connectivity index (χ1n) is 5.40. The van der Waals surface area contributed by atoms with Gasteiger partial charge in [-0.05, 0) is 24.3 Å². The molecule has 0 aliphatic carbocycles. The van der Waals surface area contributed by atoms with E-state index in [0.29, 0.717) is 0 Å². The van der Waals surface area contributed by atoms with E-state index >= 15 is 0 Å². The highest BCUT2D eigenvalue weighted by atomic mass is 19.4. The van der Waals surface area contributed by atoms with E-state index in [2.05, 4.69) is 4.98 Å². The van der Waals surface area contributed by atoms with E-state index in [9.17, 15) is 18.3 Å². The average Bonchev–Trinajstić information content (AvgIpc) is 2.36. The summed E-state index contributed by atoms with van der Waals surface area (Å²) in [5.74, 6) is -0.243. The Morgan fingerprint density at radius 2 is 1.89 bits per heavy atom. The number of alkyl halides is 3. The maximum atomic E-state index is 13.0. The van der Waals surface area contributed by atoms with E-state index < -0.39 is 12.3 Å². The monoisotopic (exact) mass is 269 g/mol. The van der Waals surface area contributed by atoms with Gasteiger partial charge in [-0.3, -0.25) is 4.98 Å². The minimum atomic E-state index is -4.60. The van der Waals surface area contributed by atoms with Gasteiger partial charge in [-0.15, -0.1) is 0 Å². The standard InChI is InChI=1S/C13H10F3NO2/c14-13(15,16)12(11-6-1-2-7-17-11)19-10-5-3-4-9(18)8-10/h1-8,12,18H. The molecule has 0 radical (unpaired) electrons. The third kappa shape index (κ3) is 3.37. The second-order valence-electron chi connectivity index (χ2n) is 3.79. The molecule has 6 heteroatoms. The van der Waals surface area contributed by atoms with Crippen molar-refractivity contribution in [1.82, 2.24) is 4.98 Å². The Hall–Kier alpha value is -2.24. The van der Waals surface area contributed by atoms with Crippen LogP contribution in [-0.4, -0.2) is 16.3 Å². The Labute approximate surface area is 107 Å². The van der Waals surface area contributed by atoms with E-state index in [0.717, 1.165) is 6.07 Å². The van der Waals surface area contributed by atoms with Crippen molar-refractivity contribution in [2.24, 2.45) is 0 Å². The summed E-state index contributed by atoms with van der Waals surface area (Å²) in [5.41, 5.74) is -0.238. The third-order valence-corrected chi connectivity index (χ3v) is 2.33. The minimum Gasteiger partial charge on any atom is -0.508 e. The zero-order valence-corrected chi connectivity index (χ0v) is 9.63. The summed E-state index contributed by atoms with van der Waals surface area (Å²) < 4.78 is 43.8. The highest BCUT2D eigenvalue weighted by Crippen LogP contribution is 2.36. The second-order valence-corrected chi connectivity index (χ2v) is 3.79. The van der Waals surface area contributed by atoms with Gasteiger partial charge in [-0.25, -0.2) is 0 Å². The van der Waals surface area contributed by atoms with Gasteiger partial charge in [0.25, 0.3) is 0 Å². The first-order valence-corrected chi connectivity index (χ1v) is 5.40. The molecule has 0 spiro atoms. The number of phenolic OH excluding ortho intramolecular Hbond substituents is 1. The maximum absolute atomic E-state index is 13.0. The largest absolute Gasteiger partial charge is 0.508 e. The summed E-state index contributed by atoms with van der Waals surface area (Å²) >= 11 is 0. The number of ether oxygens (including phenoxy) is 1. The van der Waals surface area contributed by atoms with Crippen LogP contribution in [0.1, 0.15) is 11.8 Å². The predicted octanol–water partition coefficient (Wildman–Crippen LogP) is 3.47. The van der Waals surface area contributed by atoms with Gasteiger partial charge in [-0.2, -0.15) is 13.2 Å². The average molecular weight is 269 g/mol. The molecular weight excluding hydrogens is 259 g/mol. The number of rotatable bonds is 3. The fraction of sp³-hybridized carbons (Fsp3) is 0.154. The van der Waals surface area contributed by atoms with E-state index in [1.807, 2.05) is 0 Å². The molecule has 0 aliphatic rings. The fourth-order valence-electron chi connectivity index (χ4n) is 1.52. The van der Waals surface area contributed by atoms with Crippen molar-refractivity contribution in [3.63, 3.8) is 0 Å². The lowest BCUT2D eigenvalue weighted by atomic mass is 10.2. The van der Waals surface area contributed by atoms with Gasteiger partial charge in [0, 0.05) is 12.3 Å². The van der Waals surface area contributed by atoms with Gasteiger partial charge < -0.3 is 9.84 Å². The molecule has 2 rings (SSSR count). The number of pyridine rings is 1. The number of aromatic nitrogens is 1. The van der Waals surface area contributed by atoms with Crippen LogP contribution in [0.5, 0.6) is 11.5 Å². The Bertz CT molecular complexity index is 543. The van der Waals surface area contributed by atoms with Crippen molar-refractivity contribution in [2.75, 3.05) is 0 Å². The Balaban J connectivity index is 2.30. The number of nitrogens with zero attached hydrogens (tertiary/aromatic N) is 1. The lowest BCUT2D eigenvalue weighted by Gasteiger charge is -2.21. The molecule has 1 N–H and O–H groups in total. The second kappa shape index (κ2) is 5.17. The van der Waals surface area contributed by atoms with Crippen LogP contribution in [0.25, 0.3) is 0 Å². The van der Waals surface area contributed by atoms with Gasteiger partial charge in [0.1, 0.15) is 11.5 Å². The summed E-state index contributed by atoms with van der Waals surface area (Å²) in [6.45, 7) is 0. The Morgan fingerprint density at radius 1 is 1.11 bits per heavy atom. The van der Waals surface area contributed by atoms with Gasteiger partial charge in [0.05, 0.1) is 5.69 Å². The molecule has 1 aromatic carbocycles. The quantitative estimate of drug-likeness (QED) is 0.927. The first kappa shape index (κ1) is 13.2. The van der Waals surface area contributed by atoms with Crippen LogP contribution in [-0.2, 0) is 0 Å². The van der Waals surface area contributed by atoms with Crippen LogP contribution in [0.3, 0.4) is 0 Å². The van der Waals surface area contributed by atoms with Gasteiger partial charge in [0.15, 0.2) is 0 Å². The van der Waals surface area contributed by atoms with Crippen molar-refractivity contribution in [3.05, 3.63) is 54.4 Å². The lowest BCUT2D eigenvalue weighted by Crippen LogP contribution is -2.26. The minimum absolute atomic E-state index is 0.0759. The normalized spacial score (nSPS) is 13.0. The molecule has 0 saturated heterocycles. The SMILES string of the molecule is Oc1cccc(OC(c2ccccn2)C(F)(F)F)c1. The number of aromatic hydroxyl groups is 1. The highest BCUT2D eigenvalue weighted by Gasteiger charge is 2.44. The van der Waals surface area contributed by atoms with Crippen LogP contribution >= 0.6 is 0 Å². The number of hydrogen-bond donors (Lipinski definition) is 1. The number of benzene rings is 1. The molecular formula is C13H10F3NO2. The maximum Gasteiger partial charge on any atom is 0.431 e. The smallest absolute Gasteiger partial charge is 0.431 e. The molecule has 1 aromatic heterocycles. The van der Waals surface area contributed by atoms with Crippen molar-refractivity contribution in [3.8, 4) is 11.5 Å². The molecule has 1 heterocycles. The summed E-state index contributed by atoms with van der Waals surface area (Å²) in [5, 5.41) is 9.22. The lowest BCUT2D eigenvalue weighted by molar-refractivity contribution is -0.199. The molecule has 19 heavy (non-hydrogen) atoms. The molecule has 3 nitrogen and oxygen atoms in total. The fourth-order valence-corrected chi connectivity index (χ4v) is 1.52. The predicted molar refractivity (Wildman–Crippen MR) is 61.8 cm³/mol. The molecule has 2 aromatic rings. The Kier molecular flexibility index (Phi) is 3.59. The van der Waals surface area contributed by atoms with E-state index in [4.69, 9.17) is 4.74 Å². The van der Waals surface area contributed by atoms with E-state index in [1.54, 1.807) is 0 Å². The first-order chi connectivity index (χ1) is 8.97. The highest BCUT2D eigenvalue weighted by molar-refractivity contribution is 5.32. The molecule has 0 aliphatic heterocycles. The number of phenols is 1. The van der Waals surface area contributed by atoms with Crippen LogP contribution in [0.4, 0.5) is 13.2 Å². The molecule has 0 saturated carbocycles. The van der Waals surface area contributed by atoms with E-state index in [1.165, 1.54) is 42.6 Å². The number of halogens is 3. The van der Waals surface area contributed by atoms with Crippen molar-refractivity contribution in [2.45, 2.75) is 12.3 Å². The topological polar surface area (TPSA) is 42.4 Å². The molecule has 0 fully saturated rings. The summed E-state index contributed by atoms with van der Waals surface area (Å²) in [4.78, 5) is 3.66. The van der Waals surface area contributed by atoms with Crippen molar-refractivity contribution in [1.29, 1.82) is 0 Å². The zero-order valence-electron chi connectivity index (χ0n) is 9.63. The summed E-state index contributed by atoms with van der Waals surface area (Å²) in [7, 11) is 0. The van der Waals surface area contributed by atoms with Gasteiger partial charge >= 0.3 is 6.18 Å². The van der Waals surface area contributed by atoms with Gasteiger partial charge in [0.2, 0.25) is 6.10 Å². The van der Waals surface area contributed by atoms with Crippen LogP contribution in [0.15, 0.2) is 48.7 Å². The van der Waals surface area contributed by atoms with Crippen LogP contribution in [0.2, 0.25) is 0 Å². The summed E-state index contributed by atoms with van der Waals surface area (Å²) in [6, 6.07) is 9.40. The molecule has 0 bridgehead atoms. The molecule has 1 atom stereocenters. The third-order valence-electron chi connectivity index (χ3n) is 2.33. The van der Waals surface area contributed by atoms with Gasteiger partial charge in [-0.1, -0.05) is 12.1 Å². The van der Waals surface area contributed by atoms with Crippen LogP contribution < -0.4 is 4.74 Å². The van der Waals surface area contributed by atoms with Crippen molar-refractivity contribution >= 4 is 0 Å². The number of hydrogen-bond acceptors (Lipinski definition) is 3. The zero-order chi connectivity index (χ0) is 13.9. The summed E-state index contributed by atoms with van der Waals surface area (Å²) in [6.07, 6.45) is -5.50.